The number of hydrogen-bond donors (Lipinski definition) is 2. The largest absolute Gasteiger partial charge is 0.318 e. The minimum absolute atomic E-state index is 0.105. The molecular formula is C21H24N4O2. The third-order valence-electron chi connectivity index (χ3n) is 4.63. The van der Waals surface area contributed by atoms with Crippen LogP contribution in [0.3, 0.4) is 0 Å². The summed E-state index contributed by atoms with van der Waals surface area (Å²) in [6.07, 6.45) is 0.941. The van der Waals surface area contributed by atoms with Crippen LogP contribution in [0.5, 0.6) is 0 Å². The van der Waals surface area contributed by atoms with E-state index in [0.29, 0.717) is 0 Å². The minimum Gasteiger partial charge on any atom is -0.318 e. The van der Waals surface area contributed by atoms with Crippen LogP contribution in [0.25, 0.3) is 11.0 Å². The summed E-state index contributed by atoms with van der Waals surface area (Å²) in [5, 5.41) is 0. The van der Waals surface area contributed by atoms with Crippen molar-refractivity contribution >= 4 is 22.8 Å². The van der Waals surface area contributed by atoms with Crippen LogP contribution in [-0.4, -0.2) is 21.4 Å². The van der Waals surface area contributed by atoms with Crippen LogP contribution in [0.1, 0.15) is 29.4 Å². The lowest BCUT2D eigenvalue weighted by Gasteiger charge is -2.11. The number of nitrogens with one attached hydrogen (secondary N) is 2. The first kappa shape index (κ1) is 18.6. The van der Waals surface area contributed by atoms with Gasteiger partial charge in [0.25, 0.3) is 5.91 Å². The van der Waals surface area contributed by atoms with Gasteiger partial charge in [0, 0.05) is 6.42 Å². The van der Waals surface area contributed by atoms with Gasteiger partial charge in [-0.15, -0.1) is 0 Å². The summed E-state index contributed by atoms with van der Waals surface area (Å²) >= 11 is 0. The van der Waals surface area contributed by atoms with Crippen molar-refractivity contribution < 1.29 is 9.59 Å². The number of rotatable bonds is 5. The van der Waals surface area contributed by atoms with Crippen molar-refractivity contribution in [1.82, 2.24) is 20.4 Å². The van der Waals surface area contributed by atoms with E-state index in [1.165, 1.54) is 5.56 Å². The molecule has 6 heteroatoms. The predicted molar refractivity (Wildman–Crippen MR) is 105 cm³/mol. The molecular weight excluding hydrogens is 340 g/mol. The highest BCUT2D eigenvalue weighted by molar-refractivity contribution is 5.84. The lowest BCUT2D eigenvalue weighted by atomic mass is 10.0. The van der Waals surface area contributed by atoms with Crippen molar-refractivity contribution in [2.24, 2.45) is 0 Å². The monoisotopic (exact) mass is 364 g/mol. The van der Waals surface area contributed by atoms with Crippen molar-refractivity contribution in [2.45, 2.75) is 40.2 Å². The first-order valence-electron chi connectivity index (χ1n) is 9.06. The number of hydrazine groups is 1. The second-order valence-electron chi connectivity index (χ2n) is 6.65. The van der Waals surface area contributed by atoms with E-state index in [0.717, 1.165) is 34.4 Å². The maximum atomic E-state index is 12.3. The lowest BCUT2D eigenvalue weighted by Crippen LogP contribution is -2.44. The van der Waals surface area contributed by atoms with Gasteiger partial charge < -0.3 is 4.57 Å². The minimum atomic E-state index is -0.290. The summed E-state index contributed by atoms with van der Waals surface area (Å²) in [5.74, 6) is 0.298. The molecule has 3 rings (SSSR count). The standard InChI is InChI=1S/C21H24N4O2/c1-4-19-22-17-7-5-6-8-18(17)25(19)13-21(27)24-23-20(26)12-16-10-9-14(2)15(3)11-16/h5-11H,4,12-13H2,1-3H3,(H,23,26)(H,24,27). The van der Waals surface area contributed by atoms with Gasteiger partial charge in [-0.3, -0.25) is 20.4 Å². The number of aryl methyl sites for hydroxylation is 3. The lowest BCUT2D eigenvalue weighted by molar-refractivity contribution is -0.128. The quantitative estimate of drug-likeness (QED) is 0.683. The highest BCUT2D eigenvalue weighted by Crippen LogP contribution is 2.16. The van der Waals surface area contributed by atoms with Gasteiger partial charge in [0.15, 0.2) is 0 Å². The summed E-state index contributed by atoms with van der Waals surface area (Å²) in [6, 6.07) is 13.6. The molecule has 0 saturated heterocycles. The van der Waals surface area contributed by atoms with Crippen LogP contribution in [0, 0.1) is 13.8 Å². The third-order valence-corrected chi connectivity index (χ3v) is 4.63. The summed E-state index contributed by atoms with van der Waals surface area (Å²) in [7, 11) is 0. The highest BCUT2D eigenvalue weighted by Gasteiger charge is 2.13. The Balaban J connectivity index is 1.60. The van der Waals surface area contributed by atoms with Crippen LogP contribution in [0.2, 0.25) is 0 Å². The molecule has 0 atom stereocenters. The van der Waals surface area contributed by atoms with Gasteiger partial charge in [0.2, 0.25) is 5.91 Å². The van der Waals surface area contributed by atoms with Gasteiger partial charge in [-0.1, -0.05) is 37.3 Å². The molecule has 0 bridgehead atoms. The highest BCUT2D eigenvalue weighted by atomic mass is 16.2. The van der Waals surface area contributed by atoms with Gasteiger partial charge in [0.05, 0.1) is 17.5 Å². The zero-order valence-electron chi connectivity index (χ0n) is 15.9. The van der Waals surface area contributed by atoms with Crippen LogP contribution < -0.4 is 10.9 Å². The van der Waals surface area contributed by atoms with E-state index in [4.69, 9.17) is 0 Å². The molecule has 1 aromatic heterocycles. The summed E-state index contributed by atoms with van der Waals surface area (Å²) < 4.78 is 1.88. The Kier molecular flexibility index (Phi) is 5.54. The van der Waals surface area contributed by atoms with E-state index in [2.05, 4.69) is 15.8 Å². The first-order valence-corrected chi connectivity index (χ1v) is 9.06. The van der Waals surface area contributed by atoms with Gasteiger partial charge in [-0.05, 0) is 42.7 Å². The molecule has 2 aromatic carbocycles. The van der Waals surface area contributed by atoms with Crippen LogP contribution in [0.15, 0.2) is 42.5 Å². The Bertz CT molecular complexity index is 991. The second kappa shape index (κ2) is 8.03. The number of para-hydroxylation sites is 2. The van der Waals surface area contributed by atoms with Crippen LogP contribution in [-0.2, 0) is 29.0 Å². The molecule has 0 spiro atoms. The maximum Gasteiger partial charge on any atom is 0.258 e. The molecule has 1 heterocycles. The van der Waals surface area contributed by atoms with Crippen molar-refractivity contribution in [3.8, 4) is 0 Å². The number of benzene rings is 2. The molecule has 0 fully saturated rings. The van der Waals surface area contributed by atoms with Crippen molar-refractivity contribution in [3.63, 3.8) is 0 Å². The van der Waals surface area contributed by atoms with Gasteiger partial charge in [0.1, 0.15) is 12.4 Å². The molecule has 0 aliphatic rings. The van der Waals surface area contributed by atoms with E-state index in [1.54, 1.807) is 0 Å². The van der Waals surface area contributed by atoms with E-state index < -0.39 is 0 Å². The number of hydrogen-bond acceptors (Lipinski definition) is 3. The fourth-order valence-corrected chi connectivity index (χ4v) is 3.04. The molecule has 2 N–H and O–H groups in total. The number of carbonyl (C=O) groups is 2. The van der Waals surface area contributed by atoms with Gasteiger partial charge in [-0.2, -0.15) is 0 Å². The normalized spacial score (nSPS) is 10.8. The summed E-state index contributed by atoms with van der Waals surface area (Å²) in [6.45, 7) is 6.15. The molecule has 2 amide bonds. The fourth-order valence-electron chi connectivity index (χ4n) is 3.04. The Morgan fingerprint density at radius 2 is 1.74 bits per heavy atom. The third kappa shape index (κ3) is 4.34. The molecule has 3 aromatic rings. The first-order chi connectivity index (χ1) is 13.0. The van der Waals surface area contributed by atoms with Crippen molar-refractivity contribution in [2.75, 3.05) is 0 Å². The van der Waals surface area contributed by atoms with E-state index in [9.17, 15) is 9.59 Å². The Morgan fingerprint density at radius 3 is 2.48 bits per heavy atom. The average molecular weight is 364 g/mol. The summed E-state index contributed by atoms with van der Waals surface area (Å²) in [5.41, 5.74) is 10.0. The van der Waals surface area contributed by atoms with Crippen molar-refractivity contribution in [1.29, 1.82) is 0 Å². The number of imidazole rings is 1. The fraction of sp³-hybridized carbons (Fsp3) is 0.286. The Morgan fingerprint density at radius 1 is 1.00 bits per heavy atom. The second-order valence-corrected chi connectivity index (χ2v) is 6.65. The summed E-state index contributed by atoms with van der Waals surface area (Å²) in [4.78, 5) is 29.0. The molecule has 140 valence electrons. The van der Waals surface area contributed by atoms with Crippen LogP contribution >= 0.6 is 0 Å². The Hall–Kier alpha value is -3.15. The van der Waals surface area contributed by atoms with E-state index in [-0.39, 0.29) is 24.8 Å². The molecule has 0 saturated carbocycles. The Labute approximate surface area is 158 Å². The van der Waals surface area contributed by atoms with Crippen molar-refractivity contribution in [3.05, 3.63) is 65.0 Å². The number of carbonyl (C=O) groups excluding carboxylic acids is 2. The predicted octanol–water partition coefficient (Wildman–Crippen LogP) is 2.61. The zero-order chi connectivity index (χ0) is 19.4. The SMILES string of the molecule is CCc1nc2ccccc2n1CC(=O)NNC(=O)Cc1ccc(C)c(C)c1. The molecule has 0 aliphatic heterocycles. The number of aromatic nitrogens is 2. The molecule has 0 unspecified atom stereocenters. The molecule has 27 heavy (non-hydrogen) atoms. The average Bonchev–Trinajstić information content (AvgIpc) is 3.01. The number of fused-ring (bicyclic) bond motifs is 1. The smallest absolute Gasteiger partial charge is 0.258 e. The molecule has 0 aliphatic carbocycles. The van der Waals surface area contributed by atoms with Crippen LogP contribution in [0.4, 0.5) is 0 Å². The molecule has 0 radical (unpaired) electrons. The number of nitrogens with zero attached hydrogens (tertiary/aromatic N) is 2. The van der Waals surface area contributed by atoms with E-state index >= 15 is 0 Å². The number of amides is 2. The topological polar surface area (TPSA) is 76.0 Å². The maximum absolute atomic E-state index is 12.3. The van der Waals surface area contributed by atoms with E-state index in [1.807, 2.05) is 67.8 Å². The van der Waals surface area contributed by atoms with Gasteiger partial charge in [-0.25, -0.2) is 4.98 Å². The molecule has 6 nitrogen and oxygen atoms in total. The van der Waals surface area contributed by atoms with Gasteiger partial charge >= 0.3 is 0 Å². The zero-order valence-corrected chi connectivity index (χ0v) is 15.9.